The lowest BCUT2D eigenvalue weighted by molar-refractivity contribution is 0.545. The van der Waals surface area contributed by atoms with Crippen LogP contribution in [0.25, 0.3) is 11.4 Å². The van der Waals surface area contributed by atoms with Gasteiger partial charge in [0.05, 0.1) is 6.04 Å². The molecule has 0 amide bonds. The average Bonchev–Trinajstić information content (AvgIpc) is 2.43. The lowest BCUT2D eigenvalue weighted by atomic mass is 10.1. The van der Waals surface area contributed by atoms with Crippen molar-refractivity contribution in [1.82, 2.24) is 20.5 Å². The Morgan fingerprint density at radius 3 is 2.56 bits per heavy atom. The van der Waals surface area contributed by atoms with E-state index < -0.39 is 0 Å². The van der Waals surface area contributed by atoms with Crippen LogP contribution >= 0.6 is 0 Å². The molecular weight excluding hydrogens is 228 g/mol. The quantitative estimate of drug-likeness (QED) is 0.855. The molecule has 0 aliphatic carbocycles. The highest BCUT2D eigenvalue weighted by atomic mass is 16.1. The van der Waals surface area contributed by atoms with Gasteiger partial charge in [-0.2, -0.15) is 0 Å². The van der Waals surface area contributed by atoms with Crippen molar-refractivity contribution in [1.29, 1.82) is 0 Å². The van der Waals surface area contributed by atoms with Gasteiger partial charge in [-0.1, -0.05) is 37.3 Å². The Morgan fingerprint density at radius 2 is 2.00 bits per heavy atom. The van der Waals surface area contributed by atoms with Crippen LogP contribution in [0.15, 0.2) is 35.1 Å². The van der Waals surface area contributed by atoms with Crippen LogP contribution in [-0.4, -0.2) is 22.2 Å². The van der Waals surface area contributed by atoms with Crippen molar-refractivity contribution < 1.29 is 0 Å². The van der Waals surface area contributed by atoms with Gasteiger partial charge in [-0.15, -0.1) is 10.2 Å². The van der Waals surface area contributed by atoms with Gasteiger partial charge >= 0.3 is 0 Å². The maximum absolute atomic E-state index is 12.0. The highest BCUT2D eigenvalue weighted by Crippen LogP contribution is 2.13. The van der Waals surface area contributed by atoms with Crippen molar-refractivity contribution in [2.75, 3.05) is 7.05 Å². The molecule has 1 heterocycles. The normalized spacial score (nSPS) is 12.3. The molecule has 18 heavy (non-hydrogen) atoms. The maximum atomic E-state index is 12.0. The molecule has 0 saturated heterocycles. The van der Waals surface area contributed by atoms with E-state index in [0.717, 1.165) is 12.0 Å². The Morgan fingerprint density at radius 1 is 1.28 bits per heavy atom. The Labute approximate surface area is 105 Å². The van der Waals surface area contributed by atoms with Crippen molar-refractivity contribution >= 4 is 0 Å². The van der Waals surface area contributed by atoms with Crippen molar-refractivity contribution in [3.8, 4) is 11.4 Å². The molecule has 0 bridgehead atoms. The molecule has 0 saturated carbocycles. The molecule has 1 atom stereocenters. The van der Waals surface area contributed by atoms with Gasteiger partial charge in [0, 0.05) is 5.56 Å². The maximum Gasteiger partial charge on any atom is 0.274 e. The van der Waals surface area contributed by atoms with E-state index in [4.69, 9.17) is 0 Å². The van der Waals surface area contributed by atoms with E-state index in [1.807, 2.05) is 37.3 Å². The number of hydrogen-bond donors (Lipinski definition) is 2. The number of rotatable bonds is 4. The molecule has 2 aromatic rings. The second-order valence-corrected chi connectivity index (χ2v) is 4.00. The molecule has 2 rings (SSSR count). The van der Waals surface area contributed by atoms with Crippen molar-refractivity contribution in [2.45, 2.75) is 19.4 Å². The third-order valence-corrected chi connectivity index (χ3v) is 2.86. The van der Waals surface area contributed by atoms with Gasteiger partial charge < -0.3 is 10.3 Å². The predicted octanol–water partition coefficient (Wildman–Crippen LogP) is 1.50. The molecule has 2 N–H and O–H groups in total. The topological polar surface area (TPSA) is 70.7 Å². The fourth-order valence-electron chi connectivity index (χ4n) is 1.83. The fourth-order valence-corrected chi connectivity index (χ4v) is 1.83. The third-order valence-electron chi connectivity index (χ3n) is 2.86. The first-order valence-electron chi connectivity index (χ1n) is 5.95. The number of nitrogens with one attached hydrogen (secondary N) is 2. The van der Waals surface area contributed by atoms with Crippen LogP contribution in [0.3, 0.4) is 0 Å². The zero-order valence-electron chi connectivity index (χ0n) is 10.5. The van der Waals surface area contributed by atoms with E-state index in [1.165, 1.54) is 0 Å². The molecule has 5 nitrogen and oxygen atoms in total. The molecular formula is C13H16N4O. The van der Waals surface area contributed by atoms with E-state index in [0.29, 0.717) is 11.5 Å². The average molecular weight is 244 g/mol. The number of H-pyrrole nitrogens is 1. The Bertz CT molecular complexity index is 561. The summed E-state index contributed by atoms with van der Waals surface area (Å²) >= 11 is 0. The molecule has 94 valence electrons. The first-order chi connectivity index (χ1) is 8.76. The Kier molecular flexibility index (Phi) is 3.84. The summed E-state index contributed by atoms with van der Waals surface area (Å²) in [5, 5.41) is 11.2. The molecule has 1 unspecified atom stereocenters. The zero-order valence-corrected chi connectivity index (χ0v) is 10.5. The summed E-state index contributed by atoms with van der Waals surface area (Å²) < 4.78 is 0. The summed E-state index contributed by atoms with van der Waals surface area (Å²) in [6, 6.07) is 9.41. The molecule has 0 spiro atoms. The molecule has 0 fully saturated rings. The van der Waals surface area contributed by atoms with Gasteiger partial charge in [-0.05, 0) is 13.5 Å². The fraction of sp³-hybridized carbons (Fsp3) is 0.308. The second kappa shape index (κ2) is 5.55. The summed E-state index contributed by atoms with van der Waals surface area (Å²) in [5.74, 6) is 0.496. The highest BCUT2D eigenvalue weighted by molar-refractivity contribution is 5.53. The number of aromatic amines is 1. The summed E-state index contributed by atoms with van der Waals surface area (Å²) in [6.45, 7) is 1.99. The largest absolute Gasteiger partial charge is 0.311 e. The van der Waals surface area contributed by atoms with Gasteiger partial charge in [-0.25, -0.2) is 0 Å². The third kappa shape index (κ3) is 2.46. The Hall–Kier alpha value is -2.01. The van der Waals surface area contributed by atoms with Crippen LogP contribution in [0.5, 0.6) is 0 Å². The van der Waals surface area contributed by atoms with E-state index >= 15 is 0 Å². The predicted molar refractivity (Wildman–Crippen MR) is 70.2 cm³/mol. The lowest BCUT2D eigenvalue weighted by Gasteiger charge is -2.11. The number of nitrogens with zero attached hydrogens (tertiary/aromatic N) is 2. The van der Waals surface area contributed by atoms with Crippen LogP contribution in [0.2, 0.25) is 0 Å². The van der Waals surface area contributed by atoms with Gasteiger partial charge in [0.15, 0.2) is 5.82 Å². The summed E-state index contributed by atoms with van der Waals surface area (Å²) in [5.41, 5.74) is 1.09. The standard InChI is InChI=1S/C13H16N4O/c1-3-10(14-2)11-13(18)15-12(17-16-11)9-7-5-4-6-8-9/h4-8,10,14H,3H2,1-2H3,(H,15,17,18). The van der Waals surface area contributed by atoms with Gasteiger partial charge in [0.2, 0.25) is 0 Å². The van der Waals surface area contributed by atoms with Gasteiger partial charge in [0.1, 0.15) is 5.69 Å². The first-order valence-corrected chi connectivity index (χ1v) is 5.95. The molecule has 0 aliphatic rings. The minimum atomic E-state index is -0.190. The number of benzene rings is 1. The molecule has 5 heteroatoms. The van der Waals surface area contributed by atoms with Crippen LogP contribution < -0.4 is 10.9 Å². The molecule has 0 aliphatic heterocycles. The van der Waals surface area contributed by atoms with Crippen LogP contribution in [0.1, 0.15) is 25.1 Å². The molecule has 0 radical (unpaired) electrons. The summed E-state index contributed by atoms with van der Waals surface area (Å²) in [4.78, 5) is 14.7. The van der Waals surface area contributed by atoms with E-state index in [9.17, 15) is 4.79 Å². The van der Waals surface area contributed by atoms with Crippen molar-refractivity contribution in [2.24, 2.45) is 0 Å². The van der Waals surface area contributed by atoms with Crippen LogP contribution in [0.4, 0.5) is 0 Å². The first kappa shape index (κ1) is 12.4. The second-order valence-electron chi connectivity index (χ2n) is 4.00. The van der Waals surface area contributed by atoms with E-state index in [2.05, 4.69) is 20.5 Å². The van der Waals surface area contributed by atoms with Crippen LogP contribution in [-0.2, 0) is 0 Å². The summed E-state index contributed by atoms with van der Waals surface area (Å²) in [7, 11) is 1.81. The van der Waals surface area contributed by atoms with Crippen molar-refractivity contribution in [3.05, 3.63) is 46.4 Å². The minimum absolute atomic E-state index is 0.0638. The highest BCUT2D eigenvalue weighted by Gasteiger charge is 2.14. The summed E-state index contributed by atoms with van der Waals surface area (Å²) in [6.07, 6.45) is 0.791. The van der Waals surface area contributed by atoms with E-state index in [-0.39, 0.29) is 11.6 Å². The van der Waals surface area contributed by atoms with Crippen molar-refractivity contribution in [3.63, 3.8) is 0 Å². The monoisotopic (exact) mass is 244 g/mol. The van der Waals surface area contributed by atoms with Gasteiger partial charge in [-0.3, -0.25) is 4.79 Å². The van der Waals surface area contributed by atoms with Crippen LogP contribution in [0, 0.1) is 0 Å². The minimum Gasteiger partial charge on any atom is -0.311 e. The molecule has 1 aromatic carbocycles. The Balaban J connectivity index is 2.40. The smallest absolute Gasteiger partial charge is 0.274 e. The van der Waals surface area contributed by atoms with E-state index in [1.54, 1.807) is 7.05 Å². The number of aromatic nitrogens is 3. The number of hydrogen-bond acceptors (Lipinski definition) is 4. The molecule has 1 aromatic heterocycles. The zero-order chi connectivity index (χ0) is 13.0. The SMILES string of the molecule is CCC(NC)c1nnc(-c2ccccc2)[nH]c1=O. The lowest BCUT2D eigenvalue weighted by Crippen LogP contribution is -2.27. The van der Waals surface area contributed by atoms with Gasteiger partial charge in [0.25, 0.3) is 5.56 Å².